The zero-order valence-electron chi connectivity index (χ0n) is 12.8. The van der Waals surface area contributed by atoms with Gasteiger partial charge in [-0.3, -0.25) is 9.59 Å². The Morgan fingerprint density at radius 3 is 1.95 bits per heavy atom. The van der Waals surface area contributed by atoms with Gasteiger partial charge in [0.25, 0.3) is 5.91 Å². The fourth-order valence-corrected chi connectivity index (χ4v) is 2.52. The number of carbonyl (C=O) groups is 3. The van der Waals surface area contributed by atoms with Crippen LogP contribution < -0.4 is 0 Å². The van der Waals surface area contributed by atoms with E-state index in [0.29, 0.717) is 26.2 Å². The average Bonchev–Trinajstić information content (AvgIpc) is 2.53. The third kappa shape index (κ3) is 3.27. The number of carboxylic acids is 1. The molecule has 2 rings (SSSR count). The van der Waals surface area contributed by atoms with Crippen molar-refractivity contribution in [2.24, 2.45) is 5.92 Å². The van der Waals surface area contributed by atoms with Crippen LogP contribution >= 0.6 is 0 Å². The fourth-order valence-electron chi connectivity index (χ4n) is 2.52. The van der Waals surface area contributed by atoms with Gasteiger partial charge in [-0.1, -0.05) is 26.0 Å². The van der Waals surface area contributed by atoms with E-state index in [4.69, 9.17) is 5.11 Å². The maximum atomic E-state index is 12.5. The highest BCUT2D eigenvalue weighted by Crippen LogP contribution is 2.14. The lowest BCUT2D eigenvalue weighted by Gasteiger charge is -2.35. The Balaban J connectivity index is 2.07. The van der Waals surface area contributed by atoms with E-state index < -0.39 is 5.97 Å². The summed E-state index contributed by atoms with van der Waals surface area (Å²) in [5.74, 6) is -1.39. The molecule has 6 heteroatoms. The van der Waals surface area contributed by atoms with Crippen LogP contribution in [0.15, 0.2) is 24.3 Å². The summed E-state index contributed by atoms with van der Waals surface area (Å²) in [5, 5.41) is 9.17. The summed E-state index contributed by atoms with van der Waals surface area (Å²) in [6.07, 6.45) is 0. The Morgan fingerprint density at radius 1 is 0.955 bits per heavy atom. The predicted octanol–water partition coefficient (Wildman–Crippen LogP) is 1.33. The van der Waals surface area contributed by atoms with Gasteiger partial charge in [0.05, 0.1) is 11.1 Å². The molecule has 1 saturated heterocycles. The summed E-state index contributed by atoms with van der Waals surface area (Å²) >= 11 is 0. The maximum absolute atomic E-state index is 12.5. The van der Waals surface area contributed by atoms with Gasteiger partial charge in [0.15, 0.2) is 0 Å². The number of carbonyl (C=O) groups excluding carboxylic acids is 2. The number of hydrogen-bond acceptors (Lipinski definition) is 3. The summed E-state index contributed by atoms with van der Waals surface area (Å²) in [5.41, 5.74) is 0.201. The minimum atomic E-state index is -1.11. The number of aromatic carboxylic acids is 1. The SMILES string of the molecule is CC(C)C(=O)N1CCN(C(=O)c2ccccc2C(=O)O)CC1. The second-order valence-corrected chi connectivity index (χ2v) is 5.62. The highest BCUT2D eigenvalue weighted by molar-refractivity contribution is 6.04. The predicted molar refractivity (Wildman–Crippen MR) is 80.7 cm³/mol. The largest absolute Gasteiger partial charge is 0.478 e. The Kier molecular flexibility index (Phi) is 4.80. The number of rotatable bonds is 3. The first-order valence-corrected chi connectivity index (χ1v) is 7.32. The van der Waals surface area contributed by atoms with Gasteiger partial charge in [0.2, 0.25) is 5.91 Å². The van der Waals surface area contributed by atoms with Crippen molar-refractivity contribution in [3.63, 3.8) is 0 Å². The van der Waals surface area contributed by atoms with Crippen LogP contribution in [0.3, 0.4) is 0 Å². The van der Waals surface area contributed by atoms with Crippen molar-refractivity contribution in [3.8, 4) is 0 Å². The molecular weight excluding hydrogens is 284 g/mol. The van der Waals surface area contributed by atoms with Gasteiger partial charge in [-0.2, -0.15) is 0 Å². The molecule has 1 aromatic carbocycles. The minimum Gasteiger partial charge on any atom is -0.478 e. The van der Waals surface area contributed by atoms with E-state index in [1.165, 1.54) is 12.1 Å². The van der Waals surface area contributed by atoms with Crippen molar-refractivity contribution in [1.82, 2.24) is 9.80 Å². The third-order valence-corrected chi connectivity index (χ3v) is 3.76. The molecule has 2 amide bonds. The van der Waals surface area contributed by atoms with E-state index in [1.54, 1.807) is 21.9 Å². The lowest BCUT2D eigenvalue weighted by molar-refractivity contribution is -0.135. The number of benzene rings is 1. The summed E-state index contributed by atoms with van der Waals surface area (Å²) in [6.45, 7) is 5.51. The summed E-state index contributed by atoms with van der Waals surface area (Å²) in [7, 11) is 0. The van der Waals surface area contributed by atoms with E-state index in [-0.39, 0.29) is 28.9 Å². The van der Waals surface area contributed by atoms with E-state index in [9.17, 15) is 14.4 Å². The molecule has 0 atom stereocenters. The first-order valence-electron chi connectivity index (χ1n) is 7.32. The zero-order valence-corrected chi connectivity index (χ0v) is 12.8. The van der Waals surface area contributed by atoms with Crippen LogP contribution in [-0.4, -0.2) is 58.9 Å². The van der Waals surface area contributed by atoms with Crippen LogP contribution in [-0.2, 0) is 4.79 Å². The number of nitrogens with zero attached hydrogens (tertiary/aromatic N) is 2. The van der Waals surface area contributed by atoms with Gasteiger partial charge in [-0.05, 0) is 12.1 Å². The van der Waals surface area contributed by atoms with Crippen molar-refractivity contribution in [2.75, 3.05) is 26.2 Å². The van der Waals surface area contributed by atoms with Crippen molar-refractivity contribution < 1.29 is 19.5 Å². The van der Waals surface area contributed by atoms with Crippen LogP contribution in [0.4, 0.5) is 0 Å². The number of piperazine rings is 1. The third-order valence-electron chi connectivity index (χ3n) is 3.76. The molecule has 1 aromatic rings. The lowest BCUT2D eigenvalue weighted by Crippen LogP contribution is -2.51. The first-order chi connectivity index (χ1) is 10.4. The van der Waals surface area contributed by atoms with Crippen molar-refractivity contribution >= 4 is 17.8 Å². The molecule has 1 fully saturated rings. The highest BCUT2D eigenvalue weighted by atomic mass is 16.4. The average molecular weight is 304 g/mol. The maximum Gasteiger partial charge on any atom is 0.336 e. The minimum absolute atomic E-state index is 0.00758. The van der Waals surface area contributed by atoms with Crippen molar-refractivity contribution in [3.05, 3.63) is 35.4 Å². The zero-order chi connectivity index (χ0) is 16.3. The molecule has 22 heavy (non-hydrogen) atoms. The molecule has 6 nitrogen and oxygen atoms in total. The quantitative estimate of drug-likeness (QED) is 0.913. The van der Waals surface area contributed by atoms with Crippen LogP contribution in [0.25, 0.3) is 0 Å². The molecule has 0 saturated carbocycles. The Labute approximate surface area is 129 Å². The van der Waals surface area contributed by atoms with Gasteiger partial charge in [0.1, 0.15) is 0 Å². The van der Waals surface area contributed by atoms with Gasteiger partial charge >= 0.3 is 5.97 Å². The lowest BCUT2D eigenvalue weighted by atomic mass is 10.1. The van der Waals surface area contributed by atoms with Crippen molar-refractivity contribution in [1.29, 1.82) is 0 Å². The van der Waals surface area contributed by atoms with Gasteiger partial charge in [-0.15, -0.1) is 0 Å². The van der Waals surface area contributed by atoms with Crippen LogP contribution in [0.5, 0.6) is 0 Å². The summed E-state index contributed by atoms with van der Waals surface area (Å²) in [6, 6.07) is 6.20. The molecular formula is C16H20N2O4. The Morgan fingerprint density at radius 2 is 1.45 bits per heavy atom. The monoisotopic (exact) mass is 304 g/mol. The van der Waals surface area contributed by atoms with Crippen molar-refractivity contribution in [2.45, 2.75) is 13.8 Å². The standard InChI is InChI=1S/C16H20N2O4/c1-11(2)14(19)17-7-9-18(10-8-17)15(20)12-5-3-4-6-13(12)16(21)22/h3-6,11H,7-10H2,1-2H3,(H,21,22). The van der Waals surface area contributed by atoms with Gasteiger partial charge < -0.3 is 14.9 Å². The van der Waals surface area contributed by atoms with Crippen LogP contribution in [0.2, 0.25) is 0 Å². The van der Waals surface area contributed by atoms with E-state index >= 15 is 0 Å². The molecule has 118 valence electrons. The first kappa shape index (κ1) is 16.0. The molecule has 1 aliphatic heterocycles. The molecule has 0 aromatic heterocycles. The van der Waals surface area contributed by atoms with Gasteiger partial charge in [0, 0.05) is 32.1 Å². The molecule has 0 unspecified atom stereocenters. The molecule has 0 bridgehead atoms. The number of carboxylic acid groups (broad SMARTS) is 1. The molecule has 1 N–H and O–H groups in total. The smallest absolute Gasteiger partial charge is 0.336 e. The second kappa shape index (κ2) is 6.60. The number of amides is 2. The molecule has 0 aliphatic carbocycles. The molecule has 1 aliphatic rings. The number of hydrogen-bond donors (Lipinski definition) is 1. The molecule has 0 spiro atoms. The Hall–Kier alpha value is -2.37. The summed E-state index contributed by atoms with van der Waals surface area (Å²) in [4.78, 5) is 39.0. The second-order valence-electron chi connectivity index (χ2n) is 5.62. The van der Waals surface area contributed by atoms with Gasteiger partial charge in [-0.25, -0.2) is 4.79 Å². The molecule has 1 heterocycles. The van der Waals surface area contributed by atoms with E-state index in [1.807, 2.05) is 13.8 Å². The van der Waals surface area contributed by atoms with Crippen LogP contribution in [0.1, 0.15) is 34.6 Å². The summed E-state index contributed by atoms with van der Waals surface area (Å²) < 4.78 is 0. The van der Waals surface area contributed by atoms with Crippen LogP contribution in [0, 0.1) is 5.92 Å². The topological polar surface area (TPSA) is 77.9 Å². The van der Waals surface area contributed by atoms with E-state index in [2.05, 4.69) is 0 Å². The fraction of sp³-hybridized carbons (Fsp3) is 0.438. The highest BCUT2D eigenvalue weighted by Gasteiger charge is 2.27. The van der Waals surface area contributed by atoms with E-state index in [0.717, 1.165) is 0 Å². The normalized spacial score (nSPS) is 15.0. The molecule has 0 radical (unpaired) electrons. The Bertz CT molecular complexity index is 590.